The fraction of sp³-hybridized carbons (Fsp3) is 0.120. The molecule has 0 spiro atoms. The van der Waals surface area contributed by atoms with Crippen LogP contribution in [0.2, 0.25) is 0 Å². The van der Waals surface area contributed by atoms with Crippen molar-refractivity contribution in [1.29, 1.82) is 0 Å². The first-order valence-corrected chi connectivity index (χ1v) is 26.9. The number of aromatic hydroxyl groups is 2. The highest BCUT2D eigenvalue weighted by Crippen LogP contribution is 2.46. The number of azo groups is 2. The van der Waals surface area contributed by atoms with Crippen LogP contribution in [0.5, 0.6) is 11.5 Å². The number of anilines is 10. The average molecular weight is 1190 g/mol. The Hall–Kier alpha value is -9.82. The van der Waals surface area contributed by atoms with E-state index in [2.05, 4.69) is 91.2 Å². The first kappa shape index (κ1) is 58.8. The number of phenols is 2. The molecule has 0 atom stereocenters. The summed E-state index contributed by atoms with van der Waals surface area (Å²) in [6.45, 7) is 2.23. The predicted octanol–water partition coefficient (Wildman–Crippen LogP) is 9.81. The zero-order valence-electron chi connectivity index (χ0n) is 43.4. The van der Waals surface area contributed by atoms with Gasteiger partial charge >= 0.3 is 0 Å². The highest BCUT2D eigenvalue weighted by molar-refractivity contribution is 7.86. The monoisotopic (exact) mass is 1190 g/mol. The van der Waals surface area contributed by atoms with E-state index < -0.39 is 41.5 Å². The fourth-order valence-corrected chi connectivity index (χ4v) is 9.67. The van der Waals surface area contributed by atoms with Crippen molar-refractivity contribution in [3.63, 3.8) is 0 Å². The molecular weight excluding hydrogens is 1140 g/mol. The van der Waals surface area contributed by atoms with Crippen LogP contribution < -0.4 is 32.7 Å². The van der Waals surface area contributed by atoms with Crippen LogP contribution in [0, 0.1) is 13.8 Å². The van der Waals surface area contributed by atoms with Crippen LogP contribution in [0.15, 0.2) is 127 Å². The molecule has 0 bridgehead atoms. The number of phenolic OH excluding ortho intramolecular Hbond substituents is 2. The number of hydrogen-bond donors (Lipinski definition) is 14. The van der Waals surface area contributed by atoms with Crippen molar-refractivity contribution < 1.29 is 76.7 Å². The molecule has 34 heteroatoms. The summed E-state index contributed by atoms with van der Waals surface area (Å²) in [4.78, 5) is 41.1. The predicted molar refractivity (Wildman–Crippen MR) is 299 cm³/mol. The Balaban J connectivity index is 0.963. The summed E-state index contributed by atoms with van der Waals surface area (Å²) >= 11 is 0. The number of rotatable bonds is 22. The molecule has 0 saturated heterocycles. The first-order valence-electron chi connectivity index (χ1n) is 24.0. The molecule has 7 aromatic carbocycles. The lowest BCUT2D eigenvalue weighted by Gasteiger charge is -2.15. The third kappa shape index (κ3) is 13.9. The molecule has 9 rings (SSSR count). The summed E-state index contributed by atoms with van der Waals surface area (Å²) in [5.41, 5.74) is 15.6. The lowest BCUT2D eigenvalue weighted by molar-refractivity contribution is -0.254. The summed E-state index contributed by atoms with van der Waals surface area (Å²) in [6, 6.07) is 22.9. The van der Waals surface area contributed by atoms with Gasteiger partial charge in [-0.15, -0.1) is 10.2 Å². The van der Waals surface area contributed by atoms with E-state index in [1.54, 1.807) is 50.2 Å². The van der Waals surface area contributed by atoms with Gasteiger partial charge in [-0.25, -0.2) is 19.6 Å². The van der Waals surface area contributed by atoms with Crippen molar-refractivity contribution in [3.8, 4) is 11.5 Å². The normalized spacial score (nSPS) is 12.0. The Kier molecular flexibility index (Phi) is 17.3. The second kappa shape index (κ2) is 24.7. The molecule has 0 fully saturated rings. The summed E-state index contributed by atoms with van der Waals surface area (Å²) in [5.74, 6) is -2.26. The van der Waals surface area contributed by atoms with E-state index in [9.17, 15) is 36.2 Å². The van der Waals surface area contributed by atoms with Gasteiger partial charge in [0.1, 0.15) is 37.8 Å². The molecule has 32 nitrogen and oxygen atoms in total. The Morgan fingerprint density at radius 3 is 1.08 bits per heavy atom. The van der Waals surface area contributed by atoms with Gasteiger partial charge < -0.3 is 42.9 Å². The fourth-order valence-electron chi connectivity index (χ4n) is 8.58. The Labute approximate surface area is 473 Å². The van der Waals surface area contributed by atoms with Gasteiger partial charge in [-0.1, -0.05) is 12.1 Å². The van der Waals surface area contributed by atoms with E-state index in [1.807, 2.05) is 0 Å². The number of aromatic nitrogens is 6. The van der Waals surface area contributed by atoms with Crippen LogP contribution in [0.3, 0.4) is 0 Å². The van der Waals surface area contributed by atoms with Crippen LogP contribution in [-0.2, 0) is 66.2 Å². The van der Waals surface area contributed by atoms with E-state index in [0.29, 0.717) is 44.8 Å². The van der Waals surface area contributed by atoms with Crippen molar-refractivity contribution >= 4 is 123 Å². The molecule has 434 valence electrons. The highest BCUT2D eigenvalue weighted by Gasteiger charge is 2.23. The molecule has 0 aliphatic heterocycles. The van der Waals surface area contributed by atoms with Crippen LogP contribution in [0.25, 0.3) is 21.5 Å². The molecule has 2 aromatic heterocycles. The minimum Gasteiger partial charge on any atom is -0.505 e. The van der Waals surface area contributed by atoms with Gasteiger partial charge in [0.25, 0.3) is 20.2 Å². The minimum absolute atomic E-state index is 0.00317. The second-order valence-corrected chi connectivity index (χ2v) is 21.0. The van der Waals surface area contributed by atoms with E-state index in [4.69, 9.17) is 32.5 Å². The molecule has 0 aliphatic carbocycles. The molecule has 84 heavy (non-hydrogen) atoms. The number of nitrogens with two attached hydrogens (primary N) is 2. The Morgan fingerprint density at radius 1 is 0.452 bits per heavy atom. The van der Waals surface area contributed by atoms with Gasteiger partial charge in [0.2, 0.25) is 35.7 Å². The summed E-state index contributed by atoms with van der Waals surface area (Å²) in [5, 5.41) is 88.4. The van der Waals surface area contributed by atoms with Gasteiger partial charge in [0.05, 0.1) is 32.5 Å². The number of nitrogens with one attached hydrogen (secondary N) is 4. The van der Waals surface area contributed by atoms with Gasteiger partial charge in [0.15, 0.2) is 11.5 Å². The van der Waals surface area contributed by atoms with E-state index >= 15 is 0 Å². The topological polar surface area (TPSA) is 494 Å². The van der Waals surface area contributed by atoms with Crippen molar-refractivity contribution in [1.82, 2.24) is 29.9 Å². The Morgan fingerprint density at radius 2 is 0.774 bits per heavy atom. The van der Waals surface area contributed by atoms with Crippen molar-refractivity contribution in [2.45, 2.75) is 50.1 Å². The molecule has 9 aromatic rings. The number of nitrogens with zero attached hydrogens (tertiary/aromatic N) is 10. The number of fused-ring (bicyclic) bond motifs is 2. The number of hydrogen-bond acceptors (Lipinski definition) is 30. The maximum atomic E-state index is 12.5. The molecule has 0 radical (unpaired) electrons. The van der Waals surface area contributed by atoms with Gasteiger partial charge in [-0.2, -0.15) is 57.0 Å². The van der Waals surface area contributed by atoms with Crippen LogP contribution in [-0.4, -0.2) is 87.1 Å². The molecule has 0 saturated carbocycles. The van der Waals surface area contributed by atoms with Crippen molar-refractivity contribution in [2.75, 3.05) is 32.7 Å². The van der Waals surface area contributed by atoms with Crippen molar-refractivity contribution in [3.05, 3.63) is 130 Å². The van der Waals surface area contributed by atoms with Gasteiger partial charge in [0, 0.05) is 22.1 Å². The Bertz CT molecular complexity index is 4000. The number of aryl methyl sites for hydroxylation is 2. The van der Waals surface area contributed by atoms with E-state index in [0.717, 1.165) is 24.3 Å². The SMILES string of the molecule is Cc1cc2cc(S(=O)(=O)O)cc(Nc3nc(N)nc(Nc4ccc(Nc5nc(N)nc(Nc6cc(S(=O)(=O)O)cc7cc(C)c(N=Nc8cc(COO)cc(COO)c8)c(O)c67)n5)cc4)n3)c2c(O)c1N=Nc1cc(COO)cc(COO)c1. The van der Waals surface area contributed by atoms with Crippen LogP contribution >= 0.6 is 0 Å². The van der Waals surface area contributed by atoms with Crippen LogP contribution in [0.4, 0.5) is 81.2 Å². The maximum absolute atomic E-state index is 12.5. The quantitative estimate of drug-likeness (QED) is 0.0130. The van der Waals surface area contributed by atoms with Gasteiger partial charge in [-0.05, 0) is 143 Å². The largest absolute Gasteiger partial charge is 0.505 e. The van der Waals surface area contributed by atoms with E-state index in [-0.39, 0.29) is 118 Å². The molecular formula is C50H46N16O16S2. The molecule has 0 amide bonds. The smallest absolute Gasteiger partial charge is 0.294 e. The van der Waals surface area contributed by atoms with Gasteiger partial charge in [-0.3, -0.25) is 30.1 Å². The third-order valence-corrected chi connectivity index (χ3v) is 13.7. The number of benzene rings is 7. The summed E-state index contributed by atoms with van der Waals surface area (Å²) < 4.78 is 70.2. The second-order valence-electron chi connectivity index (χ2n) is 18.1. The van der Waals surface area contributed by atoms with Crippen molar-refractivity contribution in [2.24, 2.45) is 20.5 Å². The molecule has 16 N–H and O–H groups in total. The van der Waals surface area contributed by atoms with E-state index in [1.165, 1.54) is 36.4 Å². The maximum Gasteiger partial charge on any atom is 0.294 e. The zero-order valence-corrected chi connectivity index (χ0v) is 45.0. The summed E-state index contributed by atoms with van der Waals surface area (Å²) in [6.07, 6.45) is 0. The highest BCUT2D eigenvalue weighted by atomic mass is 32.2. The third-order valence-electron chi connectivity index (χ3n) is 12.0. The molecule has 2 heterocycles. The molecule has 0 unspecified atom stereocenters. The first-order chi connectivity index (χ1) is 40.1. The van der Waals surface area contributed by atoms with Crippen LogP contribution in [0.1, 0.15) is 33.4 Å². The lowest BCUT2D eigenvalue weighted by atomic mass is 10.0. The molecule has 0 aliphatic rings. The minimum atomic E-state index is -4.83. The standard InChI is InChI=1S/C50H46N16O16S2/c1-23-7-29-15-35(83(73,74)75)17-37(39(29)43(67)41(23)65-63-33-11-25(19-79-69)9-26(12-33)20-80-70)55-49-59-45(51)57-47(61-49)53-31-3-5-32(6-4-31)54-48-58-46(52)60-50(62-48)56-38-18-36(84(76,77)78)16-30-8-24(2)42(44(68)40(30)38)66-64-34-13-27(21-81-71)10-28(14-34)22-82-72/h3-18,67-72H,19-22H2,1-2H3,(H,73,74,75)(H,76,77,78)(H4,51,53,55,57,59,61)(H4,52,54,56,58,60,62). The zero-order chi connectivity index (χ0) is 60.0. The summed E-state index contributed by atoms with van der Waals surface area (Å²) in [7, 11) is -9.65. The lowest BCUT2D eigenvalue weighted by Crippen LogP contribution is -2.08. The average Bonchev–Trinajstić information content (AvgIpc) is 3.50. The number of nitrogen functional groups attached to an aromatic ring is 2.